The van der Waals surface area contributed by atoms with Crippen LogP contribution in [0.2, 0.25) is 0 Å². The maximum Gasteiger partial charge on any atom is 0.314 e. The zero-order chi connectivity index (χ0) is 26.5. The van der Waals surface area contributed by atoms with E-state index in [0.717, 1.165) is 0 Å². The van der Waals surface area contributed by atoms with Gasteiger partial charge in [0.15, 0.2) is 28.3 Å². The molecule has 14 nitrogen and oxygen atoms in total. The average Bonchev–Trinajstić information content (AvgIpc) is 3.51. The van der Waals surface area contributed by atoms with E-state index in [2.05, 4.69) is 25.2 Å². The zero-order valence-electron chi connectivity index (χ0n) is 19.3. The number of nitrogen functional groups attached to an aromatic ring is 1. The fraction of sp³-hybridized carbons (Fsp3) is 0.286. The Morgan fingerprint density at radius 1 is 1.05 bits per heavy atom. The molecule has 5 rings (SSSR count). The zero-order valence-corrected chi connectivity index (χ0v) is 21.0. The van der Waals surface area contributed by atoms with Gasteiger partial charge in [0, 0.05) is 18.7 Å². The number of nitrogens with zero attached hydrogens (tertiary/aromatic N) is 5. The number of aromatic nitrogens is 2. The first-order valence-electron chi connectivity index (χ1n) is 11.1. The summed E-state index contributed by atoms with van der Waals surface area (Å²) in [4.78, 5) is 23.1. The SMILES string of the molecule is NC(=O)N1CCC(S(=O)(=O)c2ccc(-c3cccc4[nH]c(N)nc34)c(C3=NCN=N3)c2S(N)(=O)=O)CC1. The maximum absolute atomic E-state index is 13.8. The highest BCUT2D eigenvalue weighted by Gasteiger charge is 2.38. The van der Waals surface area contributed by atoms with Crippen molar-refractivity contribution in [3.8, 4) is 11.1 Å². The first kappa shape index (κ1) is 24.8. The predicted molar refractivity (Wildman–Crippen MR) is 135 cm³/mol. The van der Waals surface area contributed by atoms with E-state index in [-0.39, 0.29) is 49.9 Å². The molecule has 0 bridgehead atoms. The van der Waals surface area contributed by atoms with Gasteiger partial charge in [0.2, 0.25) is 10.0 Å². The van der Waals surface area contributed by atoms with E-state index >= 15 is 0 Å². The van der Waals surface area contributed by atoms with Crippen LogP contribution in [0.5, 0.6) is 0 Å². The number of amides is 2. The second-order valence-electron chi connectivity index (χ2n) is 8.62. The molecule has 1 aromatic heterocycles. The molecule has 2 amide bonds. The number of hydrogen-bond donors (Lipinski definition) is 4. The first-order chi connectivity index (χ1) is 17.5. The van der Waals surface area contributed by atoms with Gasteiger partial charge < -0.3 is 21.4 Å². The number of carbonyl (C=O) groups is 1. The van der Waals surface area contributed by atoms with E-state index in [1.807, 2.05) is 0 Å². The molecule has 7 N–H and O–H groups in total. The minimum Gasteiger partial charge on any atom is -0.369 e. The number of rotatable bonds is 5. The lowest BCUT2D eigenvalue weighted by Gasteiger charge is -2.31. The predicted octanol–water partition coefficient (Wildman–Crippen LogP) is 0.946. The molecule has 1 saturated heterocycles. The quantitative estimate of drug-likeness (QED) is 0.362. The highest BCUT2D eigenvalue weighted by molar-refractivity contribution is 7.94. The first-order valence-corrected chi connectivity index (χ1v) is 14.2. The summed E-state index contributed by atoms with van der Waals surface area (Å²) in [6.07, 6.45) is 0.165. The van der Waals surface area contributed by atoms with Gasteiger partial charge in [-0.3, -0.25) is 0 Å². The Morgan fingerprint density at radius 3 is 2.41 bits per heavy atom. The molecule has 0 saturated carbocycles. The summed E-state index contributed by atoms with van der Waals surface area (Å²) in [6, 6.07) is 7.19. The number of para-hydroxylation sites is 1. The number of nitrogens with one attached hydrogen (secondary N) is 1. The van der Waals surface area contributed by atoms with Gasteiger partial charge >= 0.3 is 6.03 Å². The number of aliphatic imine (C=N–C) groups is 1. The van der Waals surface area contributed by atoms with Gasteiger partial charge in [-0.05, 0) is 30.5 Å². The number of aromatic amines is 1. The number of anilines is 1. The monoisotopic (exact) mass is 545 g/mol. The van der Waals surface area contributed by atoms with Gasteiger partial charge in [-0.15, -0.1) is 5.11 Å². The van der Waals surface area contributed by atoms with E-state index in [1.54, 1.807) is 18.2 Å². The molecule has 1 fully saturated rings. The lowest BCUT2D eigenvalue weighted by molar-refractivity contribution is 0.196. The number of fused-ring (bicyclic) bond motifs is 1. The Balaban J connectivity index is 1.76. The maximum atomic E-state index is 13.8. The summed E-state index contributed by atoms with van der Waals surface area (Å²) in [7, 11) is -8.85. The summed E-state index contributed by atoms with van der Waals surface area (Å²) in [5.74, 6) is 0.0789. The molecule has 194 valence electrons. The lowest BCUT2D eigenvalue weighted by Crippen LogP contribution is -2.45. The van der Waals surface area contributed by atoms with Gasteiger partial charge in [-0.1, -0.05) is 18.2 Å². The molecule has 0 spiro atoms. The highest BCUT2D eigenvalue weighted by Crippen LogP contribution is 2.39. The van der Waals surface area contributed by atoms with Crippen molar-refractivity contribution < 1.29 is 21.6 Å². The Hall–Kier alpha value is -3.89. The van der Waals surface area contributed by atoms with Crippen LogP contribution in [0.3, 0.4) is 0 Å². The smallest absolute Gasteiger partial charge is 0.314 e. The van der Waals surface area contributed by atoms with Gasteiger partial charge in [0.25, 0.3) is 0 Å². The molecular formula is C21H23N9O5S2. The fourth-order valence-electron chi connectivity index (χ4n) is 4.71. The molecule has 2 aliphatic rings. The number of likely N-dealkylation sites (tertiary alicyclic amines) is 1. The van der Waals surface area contributed by atoms with Crippen molar-refractivity contribution in [2.45, 2.75) is 27.9 Å². The Labute approximate surface area is 211 Å². The van der Waals surface area contributed by atoms with Crippen molar-refractivity contribution >= 4 is 48.7 Å². The number of sulfone groups is 1. The van der Waals surface area contributed by atoms with Crippen LogP contribution in [-0.2, 0) is 19.9 Å². The van der Waals surface area contributed by atoms with Crippen LogP contribution in [0, 0.1) is 0 Å². The molecular weight excluding hydrogens is 522 g/mol. The normalized spacial score (nSPS) is 16.9. The largest absolute Gasteiger partial charge is 0.369 e. The van der Waals surface area contributed by atoms with Crippen molar-refractivity contribution in [1.82, 2.24) is 14.9 Å². The Morgan fingerprint density at radius 2 is 1.78 bits per heavy atom. The molecule has 3 aromatic rings. The van der Waals surface area contributed by atoms with E-state index < -0.39 is 40.9 Å². The minimum absolute atomic E-state index is 0.0546. The highest BCUT2D eigenvalue weighted by atomic mass is 32.2. The molecule has 37 heavy (non-hydrogen) atoms. The summed E-state index contributed by atoms with van der Waals surface area (Å²) < 4.78 is 53.6. The van der Waals surface area contributed by atoms with Crippen LogP contribution >= 0.6 is 0 Å². The number of amidine groups is 1. The number of carbonyl (C=O) groups excluding carboxylic acids is 1. The van der Waals surface area contributed by atoms with Crippen molar-refractivity contribution in [3.63, 3.8) is 0 Å². The van der Waals surface area contributed by atoms with Crippen LogP contribution < -0.4 is 16.6 Å². The van der Waals surface area contributed by atoms with Crippen molar-refractivity contribution in [1.29, 1.82) is 0 Å². The van der Waals surface area contributed by atoms with E-state index in [1.165, 1.54) is 17.0 Å². The lowest BCUT2D eigenvalue weighted by atomic mass is 9.97. The number of primary sulfonamides is 1. The number of sulfonamides is 1. The number of azo groups is 1. The van der Waals surface area contributed by atoms with Crippen molar-refractivity contribution in [2.24, 2.45) is 26.1 Å². The third kappa shape index (κ3) is 4.32. The second-order valence-corrected chi connectivity index (χ2v) is 12.3. The number of benzene rings is 2. The van der Waals surface area contributed by atoms with Gasteiger partial charge in [-0.2, -0.15) is 5.11 Å². The standard InChI is InChI=1S/C21H23N9O5S2/c22-20-27-14-3-1-2-13(17(14)28-20)12-4-5-15(18(37(24,34)35)16(12)19-25-10-26-29-19)36(32,33)11-6-8-30(9-7-11)21(23)31/h1-5,11H,6-10H2,(H2,23,31)(H3,22,27,28)(H2,24,34,35). The van der Waals surface area contributed by atoms with Gasteiger partial charge in [0.05, 0.1) is 26.7 Å². The van der Waals surface area contributed by atoms with Crippen molar-refractivity contribution in [2.75, 3.05) is 25.5 Å². The second kappa shape index (κ2) is 8.89. The topological polar surface area (TPSA) is 232 Å². The van der Waals surface area contributed by atoms with E-state index in [9.17, 15) is 21.6 Å². The summed E-state index contributed by atoms with van der Waals surface area (Å²) >= 11 is 0. The molecule has 0 unspecified atom stereocenters. The molecule has 2 aliphatic heterocycles. The van der Waals surface area contributed by atoms with E-state index in [4.69, 9.17) is 16.6 Å². The van der Waals surface area contributed by atoms with Gasteiger partial charge in [-0.25, -0.2) is 36.7 Å². The number of H-pyrrole nitrogens is 1. The van der Waals surface area contributed by atoms with Crippen LogP contribution in [0.1, 0.15) is 18.4 Å². The summed E-state index contributed by atoms with van der Waals surface area (Å²) in [5, 5.41) is 12.5. The Bertz CT molecular complexity index is 1700. The minimum atomic E-state index is -4.63. The van der Waals surface area contributed by atoms with Gasteiger partial charge in [0.1, 0.15) is 4.90 Å². The number of hydrogen-bond acceptors (Lipinski definition) is 10. The summed E-state index contributed by atoms with van der Waals surface area (Å²) in [5.41, 5.74) is 12.8. The Kier molecular flexibility index (Phi) is 5.96. The molecule has 2 aromatic carbocycles. The molecule has 0 radical (unpaired) electrons. The molecule has 16 heteroatoms. The molecule has 0 atom stereocenters. The average molecular weight is 546 g/mol. The third-order valence-electron chi connectivity index (χ3n) is 6.40. The van der Waals surface area contributed by atoms with E-state index in [0.29, 0.717) is 22.2 Å². The number of nitrogens with two attached hydrogens (primary N) is 3. The van der Waals surface area contributed by atoms with Crippen molar-refractivity contribution in [3.05, 3.63) is 35.9 Å². The number of primary amides is 1. The fourth-order valence-corrected chi connectivity index (χ4v) is 8.05. The van der Waals surface area contributed by atoms with Crippen LogP contribution in [-0.4, -0.2) is 68.6 Å². The number of urea groups is 1. The molecule has 3 heterocycles. The third-order valence-corrected chi connectivity index (χ3v) is 9.82. The number of piperidine rings is 1. The number of imidazole rings is 1. The van der Waals surface area contributed by atoms with Crippen LogP contribution in [0.15, 0.2) is 55.3 Å². The molecule has 0 aliphatic carbocycles. The summed E-state index contributed by atoms with van der Waals surface area (Å²) in [6.45, 7) is 0.192. The van der Waals surface area contributed by atoms with Crippen LogP contribution in [0.25, 0.3) is 22.2 Å². The van der Waals surface area contributed by atoms with Crippen LogP contribution in [0.4, 0.5) is 10.7 Å².